The van der Waals surface area contributed by atoms with Crippen molar-refractivity contribution in [3.05, 3.63) is 24.3 Å². The van der Waals surface area contributed by atoms with Crippen LogP contribution in [0.4, 0.5) is 0 Å². The predicted octanol–water partition coefficient (Wildman–Crippen LogP) is 4.83. The topological polar surface area (TPSA) is 17.1 Å². The molecule has 0 atom stereocenters. The van der Waals surface area contributed by atoms with Gasteiger partial charge in [-0.05, 0) is 25.7 Å². The van der Waals surface area contributed by atoms with Gasteiger partial charge in [0.05, 0.1) is 0 Å². The molecule has 0 saturated carbocycles. The van der Waals surface area contributed by atoms with Gasteiger partial charge in [0.25, 0.3) is 0 Å². The SMILES string of the molecule is CCC/C=C/C=C/CCCCCCCC=O. The van der Waals surface area contributed by atoms with Crippen LogP contribution in [0.1, 0.15) is 64.7 Å². The van der Waals surface area contributed by atoms with E-state index in [0.29, 0.717) is 0 Å². The van der Waals surface area contributed by atoms with Crippen molar-refractivity contribution in [2.45, 2.75) is 64.7 Å². The standard InChI is InChI=1S/C15H26O/c1-2-3-4-5-6-7-8-9-10-11-12-13-14-15-16/h4-7,15H,2-3,8-14H2,1H3/b5-4+,7-6+. The van der Waals surface area contributed by atoms with Crippen molar-refractivity contribution in [1.82, 2.24) is 0 Å². The lowest BCUT2D eigenvalue weighted by molar-refractivity contribution is -0.107. The second kappa shape index (κ2) is 14.2. The number of hydrogen-bond donors (Lipinski definition) is 0. The van der Waals surface area contributed by atoms with E-state index in [9.17, 15) is 4.79 Å². The van der Waals surface area contributed by atoms with Crippen molar-refractivity contribution in [1.29, 1.82) is 0 Å². The van der Waals surface area contributed by atoms with E-state index in [0.717, 1.165) is 19.1 Å². The van der Waals surface area contributed by atoms with E-state index < -0.39 is 0 Å². The number of rotatable bonds is 11. The normalized spacial score (nSPS) is 11.6. The summed E-state index contributed by atoms with van der Waals surface area (Å²) in [5, 5.41) is 0. The summed E-state index contributed by atoms with van der Waals surface area (Å²) in [7, 11) is 0. The molecule has 0 aliphatic rings. The zero-order valence-corrected chi connectivity index (χ0v) is 10.7. The molecule has 0 heterocycles. The first-order chi connectivity index (χ1) is 7.91. The Bertz CT molecular complexity index is 192. The van der Waals surface area contributed by atoms with E-state index in [1.165, 1.54) is 44.9 Å². The van der Waals surface area contributed by atoms with Crippen molar-refractivity contribution >= 4 is 6.29 Å². The number of unbranched alkanes of at least 4 members (excludes halogenated alkanes) is 7. The predicted molar refractivity (Wildman–Crippen MR) is 71.6 cm³/mol. The number of hydrogen-bond acceptors (Lipinski definition) is 1. The van der Waals surface area contributed by atoms with Crippen molar-refractivity contribution in [3.8, 4) is 0 Å². The number of aldehydes is 1. The Morgan fingerprint density at radius 1 is 0.750 bits per heavy atom. The van der Waals surface area contributed by atoms with E-state index in [4.69, 9.17) is 0 Å². The van der Waals surface area contributed by atoms with Crippen LogP contribution in [0, 0.1) is 0 Å². The van der Waals surface area contributed by atoms with Crippen LogP contribution in [0.3, 0.4) is 0 Å². The highest BCUT2D eigenvalue weighted by atomic mass is 16.1. The van der Waals surface area contributed by atoms with E-state index in [2.05, 4.69) is 31.2 Å². The molecule has 1 heteroatoms. The number of allylic oxidation sites excluding steroid dienone is 4. The summed E-state index contributed by atoms with van der Waals surface area (Å²) < 4.78 is 0. The lowest BCUT2D eigenvalue weighted by atomic mass is 10.1. The Labute approximate surface area is 101 Å². The Balaban J connectivity index is 3.11. The minimum atomic E-state index is 0.738. The molecule has 0 saturated heterocycles. The lowest BCUT2D eigenvalue weighted by Gasteiger charge is -1.96. The molecule has 0 aromatic rings. The highest BCUT2D eigenvalue weighted by Crippen LogP contribution is 2.06. The smallest absolute Gasteiger partial charge is 0.119 e. The van der Waals surface area contributed by atoms with Crippen LogP contribution in [0.5, 0.6) is 0 Å². The van der Waals surface area contributed by atoms with Crippen LogP contribution in [0.15, 0.2) is 24.3 Å². The zero-order chi connectivity index (χ0) is 11.9. The average Bonchev–Trinajstić information content (AvgIpc) is 2.31. The second-order valence-electron chi connectivity index (χ2n) is 4.16. The van der Waals surface area contributed by atoms with Crippen LogP contribution in [-0.2, 0) is 4.79 Å². The van der Waals surface area contributed by atoms with Crippen molar-refractivity contribution < 1.29 is 4.79 Å². The average molecular weight is 222 g/mol. The summed E-state index contributed by atoms with van der Waals surface area (Å²) >= 11 is 0. The van der Waals surface area contributed by atoms with Gasteiger partial charge in [-0.25, -0.2) is 0 Å². The fraction of sp³-hybridized carbons (Fsp3) is 0.667. The fourth-order valence-corrected chi connectivity index (χ4v) is 1.54. The first-order valence-electron chi connectivity index (χ1n) is 6.67. The molecule has 0 aliphatic heterocycles. The summed E-state index contributed by atoms with van der Waals surface area (Å²) in [5.74, 6) is 0. The molecule has 16 heavy (non-hydrogen) atoms. The summed E-state index contributed by atoms with van der Waals surface area (Å²) in [6.07, 6.45) is 20.2. The highest BCUT2D eigenvalue weighted by molar-refractivity contribution is 5.48. The second-order valence-corrected chi connectivity index (χ2v) is 4.16. The first-order valence-corrected chi connectivity index (χ1v) is 6.67. The molecule has 0 bridgehead atoms. The highest BCUT2D eigenvalue weighted by Gasteiger charge is 1.88. The van der Waals surface area contributed by atoms with E-state index >= 15 is 0 Å². The van der Waals surface area contributed by atoms with Crippen LogP contribution in [0.25, 0.3) is 0 Å². The van der Waals surface area contributed by atoms with Crippen molar-refractivity contribution in [2.24, 2.45) is 0 Å². The molecule has 0 aliphatic carbocycles. The van der Waals surface area contributed by atoms with E-state index in [1.54, 1.807) is 0 Å². The van der Waals surface area contributed by atoms with Gasteiger partial charge in [0.1, 0.15) is 6.29 Å². The molecular weight excluding hydrogens is 196 g/mol. The van der Waals surface area contributed by atoms with Gasteiger partial charge in [-0.15, -0.1) is 0 Å². The van der Waals surface area contributed by atoms with Crippen molar-refractivity contribution in [3.63, 3.8) is 0 Å². The van der Waals surface area contributed by atoms with Gasteiger partial charge in [0.2, 0.25) is 0 Å². The molecule has 0 amide bonds. The maximum Gasteiger partial charge on any atom is 0.119 e. The van der Waals surface area contributed by atoms with Gasteiger partial charge >= 0.3 is 0 Å². The molecule has 0 fully saturated rings. The number of carbonyl (C=O) groups excluding carboxylic acids is 1. The van der Waals surface area contributed by atoms with Gasteiger partial charge in [-0.1, -0.05) is 56.9 Å². The maximum atomic E-state index is 10.1. The Hall–Kier alpha value is -0.850. The Morgan fingerprint density at radius 2 is 1.31 bits per heavy atom. The Kier molecular flexibility index (Phi) is 13.4. The third-order valence-electron chi connectivity index (χ3n) is 2.53. The van der Waals surface area contributed by atoms with Gasteiger partial charge < -0.3 is 4.79 Å². The van der Waals surface area contributed by atoms with Crippen molar-refractivity contribution in [2.75, 3.05) is 0 Å². The maximum absolute atomic E-state index is 10.1. The molecule has 0 aromatic carbocycles. The summed E-state index contributed by atoms with van der Waals surface area (Å²) in [5.41, 5.74) is 0. The summed E-state index contributed by atoms with van der Waals surface area (Å²) in [4.78, 5) is 10.1. The van der Waals surface area contributed by atoms with Crippen LogP contribution < -0.4 is 0 Å². The molecule has 0 radical (unpaired) electrons. The molecule has 0 N–H and O–H groups in total. The van der Waals surface area contributed by atoms with Gasteiger partial charge in [-0.3, -0.25) is 0 Å². The minimum absolute atomic E-state index is 0.738. The fourth-order valence-electron chi connectivity index (χ4n) is 1.54. The zero-order valence-electron chi connectivity index (χ0n) is 10.7. The largest absolute Gasteiger partial charge is 0.303 e. The van der Waals surface area contributed by atoms with E-state index in [1.807, 2.05) is 0 Å². The number of carbonyl (C=O) groups is 1. The lowest BCUT2D eigenvalue weighted by Crippen LogP contribution is -1.79. The third kappa shape index (κ3) is 13.2. The van der Waals surface area contributed by atoms with Crippen LogP contribution >= 0.6 is 0 Å². The summed E-state index contributed by atoms with van der Waals surface area (Å²) in [6, 6.07) is 0. The molecule has 0 spiro atoms. The minimum Gasteiger partial charge on any atom is -0.303 e. The molecule has 0 rings (SSSR count). The monoisotopic (exact) mass is 222 g/mol. The van der Waals surface area contributed by atoms with Gasteiger partial charge in [-0.2, -0.15) is 0 Å². The molecule has 92 valence electrons. The first kappa shape index (κ1) is 15.2. The molecule has 0 unspecified atom stereocenters. The molecule has 1 nitrogen and oxygen atoms in total. The summed E-state index contributed by atoms with van der Waals surface area (Å²) in [6.45, 7) is 2.19. The van der Waals surface area contributed by atoms with Crippen LogP contribution in [-0.4, -0.2) is 6.29 Å². The molecular formula is C15H26O. The van der Waals surface area contributed by atoms with Gasteiger partial charge in [0, 0.05) is 6.42 Å². The quantitative estimate of drug-likeness (QED) is 0.278. The third-order valence-corrected chi connectivity index (χ3v) is 2.53. The molecule has 0 aromatic heterocycles. The van der Waals surface area contributed by atoms with Gasteiger partial charge in [0.15, 0.2) is 0 Å². The Morgan fingerprint density at radius 3 is 1.94 bits per heavy atom. The van der Waals surface area contributed by atoms with E-state index in [-0.39, 0.29) is 0 Å². The van der Waals surface area contributed by atoms with Crippen LogP contribution in [0.2, 0.25) is 0 Å².